The van der Waals surface area contributed by atoms with Gasteiger partial charge in [0, 0.05) is 10.9 Å². The molecule has 0 N–H and O–H groups in total. The van der Waals surface area contributed by atoms with Crippen molar-refractivity contribution in [2.45, 2.75) is 25.2 Å². The predicted octanol–water partition coefficient (Wildman–Crippen LogP) is 3.42. The number of carbonyl (C=O) groups excluding carboxylic acids is 1. The molecule has 1 fully saturated rings. The average molecular weight is 209 g/mol. The molecule has 2 rings (SSSR count). The summed E-state index contributed by atoms with van der Waals surface area (Å²) in [7, 11) is 0. The lowest BCUT2D eigenvalue weighted by molar-refractivity contribution is -0.110. The lowest BCUT2D eigenvalue weighted by Crippen LogP contribution is -1.96. The van der Waals surface area contributed by atoms with Crippen LogP contribution in [0, 0.1) is 5.92 Å². The SMILES string of the molecule is O=CC1CCC(c2ccc(Cl)cc2)C1. The van der Waals surface area contributed by atoms with Gasteiger partial charge in [0.2, 0.25) is 0 Å². The minimum Gasteiger partial charge on any atom is -0.303 e. The van der Waals surface area contributed by atoms with Gasteiger partial charge in [-0.15, -0.1) is 0 Å². The maximum absolute atomic E-state index is 10.6. The van der Waals surface area contributed by atoms with Crippen LogP contribution < -0.4 is 0 Å². The molecule has 1 aliphatic rings. The first-order valence-electron chi connectivity index (χ1n) is 5.00. The van der Waals surface area contributed by atoms with E-state index in [4.69, 9.17) is 11.6 Å². The lowest BCUT2D eigenvalue weighted by Gasteiger charge is -2.09. The largest absolute Gasteiger partial charge is 0.303 e. The molecule has 74 valence electrons. The van der Waals surface area contributed by atoms with E-state index in [2.05, 4.69) is 12.1 Å². The molecular weight excluding hydrogens is 196 g/mol. The molecule has 1 aliphatic carbocycles. The highest BCUT2D eigenvalue weighted by atomic mass is 35.5. The fourth-order valence-corrected chi connectivity index (χ4v) is 2.30. The second kappa shape index (κ2) is 4.14. The Labute approximate surface area is 89.1 Å². The van der Waals surface area contributed by atoms with Crippen molar-refractivity contribution in [3.05, 3.63) is 34.9 Å². The molecule has 0 bridgehead atoms. The van der Waals surface area contributed by atoms with Gasteiger partial charge in [0.05, 0.1) is 0 Å². The van der Waals surface area contributed by atoms with E-state index in [1.807, 2.05) is 12.1 Å². The monoisotopic (exact) mass is 208 g/mol. The van der Waals surface area contributed by atoms with Crippen LogP contribution >= 0.6 is 11.6 Å². The van der Waals surface area contributed by atoms with Crippen molar-refractivity contribution in [3.63, 3.8) is 0 Å². The number of hydrogen-bond donors (Lipinski definition) is 0. The van der Waals surface area contributed by atoms with Gasteiger partial charge in [-0.1, -0.05) is 23.7 Å². The molecule has 0 aromatic heterocycles. The van der Waals surface area contributed by atoms with E-state index in [1.165, 1.54) is 5.56 Å². The molecule has 0 spiro atoms. The van der Waals surface area contributed by atoms with E-state index in [-0.39, 0.29) is 5.92 Å². The molecule has 2 unspecified atom stereocenters. The zero-order valence-corrected chi connectivity index (χ0v) is 8.70. The molecular formula is C12H13ClO. The molecule has 1 aromatic rings. The van der Waals surface area contributed by atoms with Crippen LogP contribution in [0.25, 0.3) is 0 Å². The van der Waals surface area contributed by atoms with Gasteiger partial charge in [-0.2, -0.15) is 0 Å². The number of aldehydes is 1. The van der Waals surface area contributed by atoms with Crippen LogP contribution in [0.15, 0.2) is 24.3 Å². The molecule has 0 heterocycles. The normalized spacial score (nSPS) is 26.4. The molecule has 14 heavy (non-hydrogen) atoms. The number of hydrogen-bond acceptors (Lipinski definition) is 1. The highest BCUT2D eigenvalue weighted by Gasteiger charge is 2.25. The van der Waals surface area contributed by atoms with Crippen LogP contribution in [0.4, 0.5) is 0 Å². The Morgan fingerprint density at radius 2 is 1.93 bits per heavy atom. The van der Waals surface area contributed by atoms with Gasteiger partial charge in [-0.05, 0) is 42.9 Å². The van der Waals surface area contributed by atoms with Crippen molar-refractivity contribution in [1.82, 2.24) is 0 Å². The molecule has 1 nitrogen and oxygen atoms in total. The first-order chi connectivity index (χ1) is 6.79. The predicted molar refractivity (Wildman–Crippen MR) is 57.6 cm³/mol. The quantitative estimate of drug-likeness (QED) is 0.681. The van der Waals surface area contributed by atoms with Crippen LogP contribution in [-0.2, 0) is 4.79 Å². The zero-order valence-electron chi connectivity index (χ0n) is 7.95. The molecule has 1 aromatic carbocycles. The maximum Gasteiger partial charge on any atom is 0.123 e. The van der Waals surface area contributed by atoms with Crippen molar-refractivity contribution in [3.8, 4) is 0 Å². The summed E-state index contributed by atoms with van der Waals surface area (Å²) in [6.07, 6.45) is 4.27. The third-order valence-corrected chi connectivity index (χ3v) is 3.26. The Morgan fingerprint density at radius 3 is 2.50 bits per heavy atom. The van der Waals surface area contributed by atoms with Crippen molar-refractivity contribution in [2.75, 3.05) is 0 Å². The summed E-state index contributed by atoms with van der Waals surface area (Å²) in [5, 5.41) is 0.777. The van der Waals surface area contributed by atoms with Crippen molar-refractivity contribution in [2.24, 2.45) is 5.92 Å². The van der Waals surface area contributed by atoms with Gasteiger partial charge in [0.15, 0.2) is 0 Å². The molecule has 0 aliphatic heterocycles. The summed E-state index contributed by atoms with van der Waals surface area (Å²) in [4.78, 5) is 10.6. The van der Waals surface area contributed by atoms with Crippen molar-refractivity contribution >= 4 is 17.9 Å². The highest BCUT2D eigenvalue weighted by Crippen LogP contribution is 2.37. The second-order valence-corrected chi connectivity index (χ2v) is 4.39. The van der Waals surface area contributed by atoms with Crippen LogP contribution in [0.5, 0.6) is 0 Å². The average Bonchev–Trinajstić information content (AvgIpc) is 2.67. The van der Waals surface area contributed by atoms with E-state index in [0.29, 0.717) is 5.92 Å². The molecule has 0 radical (unpaired) electrons. The number of halogens is 1. The topological polar surface area (TPSA) is 17.1 Å². The zero-order chi connectivity index (χ0) is 9.97. The van der Waals surface area contributed by atoms with E-state index in [9.17, 15) is 4.79 Å². The van der Waals surface area contributed by atoms with Crippen molar-refractivity contribution < 1.29 is 4.79 Å². The Bertz CT molecular complexity index is 318. The molecule has 0 amide bonds. The summed E-state index contributed by atoms with van der Waals surface area (Å²) in [5.41, 5.74) is 1.32. The fourth-order valence-electron chi connectivity index (χ4n) is 2.18. The second-order valence-electron chi connectivity index (χ2n) is 3.96. The molecule has 0 saturated heterocycles. The lowest BCUT2D eigenvalue weighted by atomic mass is 9.97. The van der Waals surface area contributed by atoms with E-state index >= 15 is 0 Å². The van der Waals surface area contributed by atoms with E-state index in [0.717, 1.165) is 30.6 Å². The van der Waals surface area contributed by atoms with Gasteiger partial charge >= 0.3 is 0 Å². The van der Waals surface area contributed by atoms with Crippen molar-refractivity contribution in [1.29, 1.82) is 0 Å². The number of benzene rings is 1. The van der Waals surface area contributed by atoms with Gasteiger partial charge in [0.25, 0.3) is 0 Å². The number of carbonyl (C=O) groups is 1. The van der Waals surface area contributed by atoms with Crippen LogP contribution in [-0.4, -0.2) is 6.29 Å². The summed E-state index contributed by atoms with van der Waals surface area (Å²) in [5.74, 6) is 0.832. The van der Waals surface area contributed by atoms with E-state index < -0.39 is 0 Å². The number of rotatable bonds is 2. The Kier molecular flexibility index (Phi) is 2.87. The summed E-state index contributed by atoms with van der Waals surface area (Å²) in [6, 6.07) is 7.98. The Balaban J connectivity index is 2.09. The summed E-state index contributed by atoms with van der Waals surface area (Å²) in [6.45, 7) is 0. The standard InChI is InChI=1S/C12H13ClO/c13-12-5-3-10(4-6-12)11-2-1-9(7-11)8-14/h3-6,8-9,11H,1-2,7H2. The van der Waals surface area contributed by atoms with Crippen LogP contribution in [0.1, 0.15) is 30.7 Å². The Morgan fingerprint density at radius 1 is 1.21 bits per heavy atom. The molecule has 2 heteroatoms. The minimum atomic E-state index is 0.274. The first kappa shape index (κ1) is 9.72. The van der Waals surface area contributed by atoms with Gasteiger partial charge in [0.1, 0.15) is 6.29 Å². The van der Waals surface area contributed by atoms with Crippen LogP contribution in [0.3, 0.4) is 0 Å². The highest BCUT2D eigenvalue weighted by molar-refractivity contribution is 6.30. The summed E-state index contributed by atoms with van der Waals surface area (Å²) < 4.78 is 0. The fraction of sp³-hybridized carbons (Fsp3) is 0.417. The Hall–Kier alpha value is -0.820. The first-order valence-corrected chi connectivity index (χ1v) is 5.38. The van der Waals surface area contributed by atoms with Crippen LogP contribution in [0.2, 0.25) is 5.02 Å². The maximum atomic E-state index is 10.6. The third-order valence-electron chi connectivity index (χ3n) is 3.01. The van der Waals surface area contributed by atoms with E-state index in [1.54, 1.807) is 0 Å². The van der Waals surface area contributed by atoms with Gasteiger partial charge in [-0.25, -0.2) is 0 Å². The van der Waals surface area contributed by atoms with Gasteiger partial charge < -0.3 is 4.79 Å². The molecule has 1 saturated carbocycles. The minimum absolute atomic E-state index is 0.274. The smallest absolute Gasteiger partial charge is 0.123 e. The summed E-state index contributed by atoms with van der Waals surface area (Å²) >= 11 is 5.82. The molecule has 2 atom stereocenters. The third kappa shape index (κ3) is 1.98. The van der Waals surface area contributed by atoms with Gasteiger partial charge in [-0.3, -0.25) is 0 Å².